The molecular weight excluding hydrogens is 278 g/mol. The Morgan fingerprint density at radius 2 is 2.24 bits per heavy atom. The highest BCUT2D eigenvalue weighted by atomic mass is 79.9. The van der Waals surface area contributed by atoms with Gasteiger partial charge in [-0.25, -0.2) is 0 Å². The molecular formula is C13H20BrN3. The summed E-state index contributed by atoms with van der Waals surface area (Å²) in [6, 6.07) is 6.42. The molecule has 0 saturated carbocycles. The van der Waals surface area contributed by atoms with Crippen molar-refractivity contribution < 1.29 is 0 Å². The first-order valence-corrected chi connectivity index (χ1v) is 6.79. The fourth-order valence-electron chi connectivity index (χ4n) is 2.46. The second-order valence-electron chi connectivity index (χ2n) is 5.08. The summed E-state index contributed by atoms with van der Waals surface area (Å²) in [4.78, 5) is 2.47. The summed E-state index contributed by atoms with van der Waals surface area (Å²) < 4.78 is 1.13. The van der Waals surface area contributed by atoms with Crippen LogP contribution >= 0.6 is 15.9 Å². The van der Waals surface area contributed by atoms with E-state index in [0.717, 1.165) is 24.1 Å². The molecule has 0 radical (unpaired) electrons. The monoisotopic (exact) mass is 297 g/mol. The molecule has 0 fully saturated rings. The molecule has 0 unspecified atom stereocenters. The SMILES string of the molecule is CNCC(C)(C)N1CCNc2ccc(Br)cc21. The van der Waals surface area contributed by atoms with Gasteiger partial charge >= 0.3 is 0 Å². The zero-order valence-corrected chi connectivity index (χ0v) is 12.3. The lowest BCUT2D eigenvalue weighted by atomic mass is 9.99. The maximum Gasteiger partial charge on any atom is 0.0618 e. The van der Waals surface area contributed by atoms with Gasteiger partial charge in [-0.05, 0) is 39.1 Å². The number of rotatable bonds is 3. The van der Waals surface area contributed by atoms with Gasteiger partial charge < -0.3 is 15.5 Å². The summed E-state index contributed by atoms with van der Waals surface area (Å²) in [5.41, 5.74) is 2.63. The highest BCUT2D eigenvalue weighted by Gasteiger charge is 2.29. The topological polar surface area (TPSA) is 27.3 Å². The van der Waals surface area contributed by atoms with E-state index in [0.29, 0.717) is 0 Å². The van der Waals surface area contributed by atoms with Gasteiger partial charge in [0.15, 0.2) is 0 Å². The van der Waals surface area contributed by atoms with E-state index in [1.807, 2.05) is 7.05 Å². The first-order chi connectivity index (χ1) is 8.04. The summed E-state index contributed by atoms with van der Waals surface area (Å²) >= 11 is 3.55. The van der Waals surface area contributed by atoms with Crippen LogP contribution in [0, 0.1) is 0 Å². The van der Waals surface area contributed by atoms with Crippen LogP contribution in [0.15, 0.2) is 22.7 Å². The van der Waals surface area contributed by atoms with Crippen LogP contribution in [0.3, 0.4) is 0 Å². The molecule has 2 N–H and O–H groups in total. The highest BCUT2D eigenvalue weighted by molar-refractivity contribution is 9.10. The van der Waals surface area contributed by atoms with Crippen molar-refractivity contribution in [1.29, 1.82) is 0 Å². The van der Waals surface area contributed by atoms with Gasteiger partial charge in [-0.3, -0.25) is 0 Å². The number of benzene rings is 1. The molecule has 1 aliphatic heterocycles. The van der Waals surface area contributed by atoms with Crippen molar-refractivity contribution in [2.45, 2.75) is 19.4 Å². The van der Waals surface area contributed by atoms with Crippen molar-refractivity contribution in [2.24, 2.45) is 0 Å². The molecule has 4 heteroatoms. The third-order valence-electron chi connectivity index (χ3n) is 3.24. The minimum atomic E-state index is 0.117. The average Bonchev–Trinajstić information content (AvgIpc) is 2.28. The van der Waals surface area contributed by atoms with Gasteiger partial charge in [0.2, 0.25) is 0 Å². The average molecular weight is 298 g/mol. The van der Waals surface area contributed by atoms with E-state index in [1.54, 1.807) is 0 Å². The van der Waals surface area contributed by atoms with Crippen molar-refractivity contribution in [3.8, 4) is 0 Å². The Bertz CT molecular complexity index is 404. The van der Waals surface area contributed by atoms with Crippen molar-refractivity contribution in [2.75, 3.05) is 36.9 Å². The van der Waals surface area contributed by atoms with Gasteiger partial charge in [-0.15, -0.1) is 0 Å². The van der Waals surface area contributed by atoms with Crippen LogP contribution in [-0.2, 0) is 0 Å². The molecule has 0 aromatic heterocycles. The largest absolute Gasteiger partial charge is 0.382 e. The maximum absolute atomic E-state index is 3.55. The molecule has 17 heavy (non-hydrogen) atoms. The maximum atomic E-state index is 3.55. The number of nitrogens with zero attached hydrogens (tertiary/aromatic N) is 1. The Kier molecular flexibility index (Phi) is 3.64. The summed E-state index contributed by atoms with van der Waals surface area (Å²) in [6.07, 6.45) is 0. The lowest BCUT2D eigenvalue weighted by Gasteiger charge is -2.44. The molecule has 1 aliphatic rings. The summed E-state index contributed by atoms with van der Waals surface area (Å²) in [5.74, 6) is 0. The minimum absolute atomic E-state index is 0.117. The van der Waals surface area contributed by atoms with Gasteiger partial charge in [0.1, 0.15) is 0 Å². The fraction of sp³-hybridized carbons (Fsp3) is 0.538. The lowest BCUT2D eigenvalue weighted by molar-refractivity contribution is 0.440. The third-order valence-corrected chi connectivity index (χ3v) is 3.73. The van der Waals surface area contributed by atoms with Crippen LogP contribution in [-0.4, -0.2) is 32.2 Å². The molecule has 94 valence electrons. The van der Waals surface area contributed by atoms with E-state index in [2.05, 4.69) is 63.5 Å². The van der Waals surface area contributed by atoms with E-state index in [1.165, 1.54) is 11.4 Å². The minimum Gasteiger partial charge on any atom is -0.382 e. The van der Waals surface area contributed by atoms with Crippen LogP contribution in [0.2, 0.25) is 0 Å². The van der Waals surface area contributed by atoms with Crippen LogP contribution in [0.1, 0.15) is 13.8 Å². The Morgan fingerprint density at radius 3 is 2.94 bits per heavy atom. The molecule has 2 rings (SSSR count). The molecule has 3 nitrogen and oxygen atoms in total. The van der Waals surface area contributed by atoms with Crippen molar-refractivity contribution in [3.05, 3.63) is 22.7 Å². The van der Waals surface area contributed by atoms with E-state index in [4.69, 9.17) is 0 Å². The van der Waals surface area contributed by atoms with E-state index >= 15 is 0 Å². The van der Waals surface area contributed by atoms with Gasteiger partial charge in [-0.2, -0.15) is 0 Å². The quantitative estimate of drug-likeness (QED) is 0.898. The second-order valence-corrected chi connectivity index (χ2v) is 6.00. The molecule has 0 spiro atoms. The van der Waals surface area contributed by atoms with Crippen LogP contribution in [0.25, 0.3) is 0 Å². The first-order valence-electron chi connectivity index (χ1n) is 6.00. The van der Waals surface area contributed by atoms with Crippen molar-refractivity contribution in [1.82, 2.24) is 5.32 Å². The Hall–Kier alpha value is -0.740. The van der Waals surface area contributed by atoms with Crippen molar-refractivity contribution in [3.63, 3.8) is 0 Å². The van der Waals surface area contributed by atoms with Crippen LogP contribution < -0.4 is 15.5 Å². The number of anilines is 2. The number of nitrogens with one attached hydrogen (secondary N) is 2. The number of halogens is 1. The van der Waals surface area contributed by atoms with Crippen LogP contribution in [0.5, 0.6) is 0 Å². The zero-order valence-electron chi connectivity index (χ0n) is 10.7. The smallest absolute Gasteiger partial charge is 0.0618 e. The fourth-order valence-corrected chi connectivity index (χ4v) is 2.81. The third kappa shape index (κ3) is 2.58. The molecule has 0 bridgehead atoms. The number of fused-ring (bicyclic) bond motifs is 1. The van der Waals surface area contributed by atoms with Gasteiger partial charge in [0, 0.05) is 29.6 Å². The molecule has 1 aromatic carbocycles. The van der Waals surface area contributed by atoms with Gasteiger partial charge in [0.25, 0.3) is 0 Å². The second kappa shape index (κ2) is 4.86. The van der Waals surface area contributed by atoms with Gasteiger partial charge in [0.05, 0.1) is 11.4 Å². The van der Waals surface area contributed by atoms with Crippen molar-refractivity contribution >= 4 is 27.3 Å². The Labute approximate surface area is 112 Å². The molecule has 1 aromatic rings. The highest BCUT2D eigenvalue weighted by Crippen LogP contribution is 2.35. The summed E-state index contributed by atoms with van der Waals surface area (Å²) in [6.45, 7) is 7.57. The van der Waals surface area contributed by atoms with E-state index in [-0.39, 0.29) is 5.54 Å². The lowest BCUT2D eigenvalue weighted by Crippen LogP contribution is -2.53. The Morgan fingerprint density at radius 1 is 1.47 bits per heavy atom. The van der Waals surface area contributed by atoms with E-state index in [9.17, 15) is 0 Å². The standard InChI is InChI=1S/C13H20BrN3/c1-13(2,9-15-3)17-7-6-16-11-5-4-10(14)8-12(11)17/h4-5,8,15-16H,6-7,9H2,1-3H3. The normalized spacial score (nSPS) is 15.4. The molecule has 0 amide bonds. The first kappa shape index (κ1) is 12.7. The van der Waals surface area contributed by atoms with E-state index < -0.39 is 0 Å². The van der Waals surface area contributed by atoms with Crippen LogP contribution in [0.4, 0.5) is 11.4 Å². The predicted molar refractivity (Wildman–Crippen MR) is 78.0 cm³/mol. The summed E-state index contributed by atoms with van der Waals surface area (Å²) in [7, 11) is 2.01. The Balaban J connectivity index is 2.36. The molecule has 0 aliphatic carbocycles. The molecule has 0 saturated heterocycles. The number of likely N-dealkylation sites (N-methyl/N-ethyl adjacent to an activating group) is 1. The predicted octanol–water partition coefficient (Wildman–Crippen LogP) is 2.68. The number of hydrogen-bond acceptors (Lipinski definition) is 3. The number of hydrogen-bond donors (Lipinski definition) is 2. The molecule has 1 heterocycles. The van der Waals surface area contributed by atoms with Gasteiger partial charge in [-0.1, -0.05) is 15.9 Å². The zero-order chi connectivity index (χ0) is 12.5. The molecule has 0 atom stereocenters. The summed E-state index contributed by atoms with van der Waals surface area (Å²) in [5, 5.41) is 6.73.